The lowest BCUT2D eigenvalue weighted by Gasteiger charge is -2.17. The minimum Gasteiger partial charge on any atom is -0.313 e. The second-order valence-corrected chi connectivity index (χ2v) is 5.42. The van der Waals surface area contributed by atoms with E-state index in [2.05, 4.69) is 59.6 Å². The Morgan fingerprint density at radius 1 is 1.16 bits per heavy atom. The van der Waals surface area contributed by atoms with Crippen LogP contribution in [0.1, 0.15) is 18.9 Å². The van der Waals surface area contributed by atoms with Crippen molar-refractivity contribution in [2.75, 3.05) is 19.6 Å². The van der Waals surface area contributed by atoms with Gasteiger partial charge < -0.3 is 5.32 Å². The molecule has 2 aromatic carbocycles. The molecule has 1 fully saturated rings. The third-order valence-corrected chi connectivity index (χ3v) is 4.04. The van der Waals surface area contributed by atoms with E-state index in [1.807, 2.05) is 0 Å². The average molecular weight is 254 g/mol. The minimum atomic E-state index is 0.681. The third kappa shape index (κ3) is 2.80. The zero-order valence-electron chi connectivity index (χ0n) is 11.6. The highest BCUT2D eigenvalue weighted by molar-refractivity contribution is 5.85. The largest absolute Gasteiger partial charge is 0.313 e. The third-order valence-electron chi connectivity index (χ3n) is 4.04. The van der Waals surface area contributed by atoms with Crippen LogP contribution >= 0.6 is 0 Å². The van der Waals surface area contributed by atoms with Crippen LogP contribution in [0.2, 0.25) is 0 Å². The molecule has 0 spiro atoms. The average Bonchev–Trinajstić information content (AvgIpc) is 2.87. The van der Waals surface area contributed by atoms with Gasteiger partial charge >= 0.3 is 0 Å². The van der Waals surface area contributed by atoms with Crippen LogP contribution in [0.15, 0.2) is 42.5 Å². The van der Waals surface area contributed by atoms with Crippen LogP contribution in [0.4, 0.5) is 0 Å². The summed E-state index contributed by atoms with van der Waals surface area (Å²) in [5.41, 5.74) is 1.45. The van der Waals surface area contributed by atoms with Crippen LogP contribution in [-0.4, -0.2) is 30.6 Å². The van der Waals surface area contributed by atoms with Crippen molar-refractivity contribution in [2.24, 2.45) is 0 Å². The second-order valence-electron chi connectivity index (χ2n) is 5.42. The monoisotopic (exact) mass is 254 g/mol. The maximum absolute atomic E-state index is 3.56. The van der Waals surface area contributed by atoms with Crippen molar-refractivity contribution in [3.8, 4) is 0 Å². The molecule has 100 valence electrons. The molecule has 0 saturated carbocycles. The molecular formula is C17H22N2. The van der Waals surface area contributed by atoms with E-state index < -0.39 is 0 Å². The molecule has 0 radical (unpaired) electrons. The van der Waals surface area contributed by atoms with Crippen molar-refractivity contribution in [1.82, 2.24) is 10.2 Å². The quantitative estimate of drug-likeness (QED) is 0.902. The summed E-state index contributed by atoms with van der Waals surface area (Å²) in [5.74, 6) is 0. The maximum atomic E-state index is 3.56. The molecule has 0 aliphatic carbocycles. The van der Waals surface area contributed by atoms with Crippen LogP contribution in [0.25, 0.3) is 10.8 Å². The van der Waals surface area contributed by atoms with Gasteiger partial charge in [-0.3, -0.25) is 4.90 Å². The molecule has 1 saturated heterocycles. The summed E-state index contributed by atoms with van der Waals surface area (Å²) in [4.78, 5) is 2.56. The molecule has 2 aromatic rings. The van der Waals surface area contributed by atoms with Gasteiger partial charge in [0.2, 0.25) is 0 Å². The lowest BCUT2D eigenvalue weighted by Crippen LogP contribution is -2.32. The number of rotatable bonds is 4. The minimum absolute atomic E-state index is 0.681. The van der Waals surface area contributed by atoms with E-state index in [-0.39, 0.29) is 0 Å². The molecule has 2 nitrogen and oxygen atoms in total. The molecular weight excluding hydrogens is 232 g/mol. The number of hydrogen-bond acceptors (Lipinski definition) is 2. The van der Waals surface area contributed by atoms with Crippen LogP contribution in [0, 0.1) is 0 Å². The second kappa shape index (κ2) is 5.72. The Bertz CT molecular complexity index is 544. The van der Waals surface area contributed by atoms with E-state index in [9.17, 15) is 0 Å². The molecule has 2 heteroatoms. The molecule has 3 rings (SSSR count). The van der Waals surface area contributed by atoms with Gasteiger partial charge in [-0.2, -0.15) is 0 Å². The lowest BCUT2D eigenvalue weighted by molar-refractivity contribution is 0.322. The maximum Gasteiger partial charge on any atom is 0.0240 e. The van der Waals surface area contributed by atoms with Gasteiger partial charge in [-0.05, 0) is 29.3 Å². The van der Waals surface area contributed by atoms with Crippen molar-refractivity contribution in [1.29, 1.82) is 0 Å². The van der Waals surface area contributed by atoms with E-state index in [1.54, 1.807) is 0 Å². The Hall–Kier alpha value is -1.38. The van der Waals surface area contributed by atoms with E-state index >= 15 is 0 Å². The van der Waals surface area contributed by atoms with E-state index in [0.29, 0.717) is 6.04 Å². The summed E-state index contributed by atoms with van der Waals surface area (Å²) in [6.45, 7) is 6.72. The van der Waals surface area contributed by atoms with Gasteiger partial charge in [0.05, 0.1) is 0 Å². The Morgan fingerprint density at radius 3 is 2.89 bits per heavy atom. The van der Waals surface area contributed by atoms with Crippen molar-refractivity contribution in [2.45, 2.75) is 25.9 Å². The number of nitrogens with one attached hydrogen (secondary N) is 1. The highest BCUT2D eigenvalue weighted by Crippen LogP contribution is 2.21. The first-order valence-corrected chi connectivity index (χ1v) is 7.29. The molecule has 0 bridgehead atoms. The van der Waals surface area contributed by atoms with Gasteiger partial charge in [-0.1, -0.05) is 49.4 Å². The fourth-order valence-electron chi connectivity index (χ4n) is 3.10. The Kier molecular flexibility index (Phi) is 3.81. The van der Waals surface area contributed by atoms with Gasteiger partial charge in [-0.25, -0.2) is 0 Å². The fourth-order valence-corrected chi connectivity index (χ4v) is 3.10. The lowest BCUT2D eigenvalue weighted by atomic mass is 10.0. The molecule has 1 aliphatic rings. The number of hydrogen-bond donors (Lipinski definition) is 1. The number of benzene rings is 2. The van der Waals surface area contributed by atoms with E-state index in [4.69, 9.17) is 0 Å². The van der Waals surface area contributed by atoms with E-state index in [0.717, 1.165) is 13.1 Å². The Morgan fingerprint density at radius 2 is 2.00 bits per heavy atom. The van der Waals surface area contributed by atoms with Crippen molar-refractivity contribution >= 4 is 10.8 Å². The summed E-state index contributed by atoms with van der Waals surface area (Å²) in [7, 11) is 0. The molecule has 1 atom stereocenters. The first-order valence-electron chi connectivity index (χ1n) is 7.29. The smallest absolute Gasteiger partial charge is 0.0240 e. The SMILES string of the molecule is CCNC1CCN(Cc2cccc3ccccc23)C1. The van der Waals surface area contributed by atoms with E-state index in [1.165, 1.54) is 35.8 Å². The van der Waals surface area contributed by atoms with Crippen molar-refractivity contribution < 1.29 is 0 Å². The van der Waals surface area contributed by atoms with Crippen LogP contribution in [-0.2, 0) is 6.54 Å². The topological polar surface area (TPSA) is 15.3 Å². The van der Waals surface area contributed by atoms with Gasteiger partial charge in [0.15, 0.2) is 0 Å². The normalized spacial score (nSPS) is 20.2. The summed E-state index contributed by atoms with van der Waals surface area (Å²) in [6.07, 6.45) is 1.28. The van der Waals surface area contributed by atoms with Crippen LogP contribution in [0.3, 0.4) is 0 Å². The molecule has 0 aromatic heterocycles. The number of likely N-dealkylation sites (tertiary alicyclic amines) is 1. The summed E-state index contributed by atoms with van der Waals surface area (Å²) in [6, 6.07) is 16.0. The molecule has 1 unspecified atom stereocenters. The first-order chi connectivity index (χ1) is 9.36. The van der Waals surface area contributed by atoms with Crippen LogP contribution in [0.5, 0.6) is 0 Å². The molecule has 1 heterocycles. The van der Waals surface area contributed by atoms with Gasteiger partial charge in [0.25, 0.3) is 0 Å². The fraction of sp³-hybridized carbons (Fsp3) is 0.412. The Balaban J connectivity index is 1.75. The van der Waals surface area contributed by atoms with Gasteiger partial charge in [0, 0.05) is 25.7 Å². The standard InChI is InChI=1S/C17H22N2/c1-2-18-16-10-11-19(13-16)12-15-8-5-7-14-6-3-4-9-17(14)15/h3-9,16,18H,2,10-13H2,1H3. The highest BCUT2D eigenvalue weighted by Gasteiger charge is 2.21. The number of likely N-dealkylation sites (N-methyl/N-ethyl adjacent to an activating group) is 1. The van der Waals surface area contributed by atoms with Crippen LogP contribution < -0.4 is 5.32 Å². The molecule has 1 N–H and O–H groups in total. The highest BCUT2D eigenvalue weighted by atomic mass is 15.2. The predicted octanol–water partition coefficient (Wildman–Crippen LogP) is 3.02. The Labute approximate surface area is 115 Å². The first kappa shape index (κ1) is 12.6. The van der Waals surface area contributed by atoms with Crippen molar-refractivity contribution in [3.63, 3.8) is 0 Å². The van der Waals surface area contributed by atoms with Gasteiger partial charge in [-0.15, -0.1) is 0 Å². The molecule has 19 heavy (non-hydrogen) atoms. The number of fused-ring (bicyclic) bond motifs is 1. The number of nitrogens with zero attached hydrogens (tertiary/aromatic N) is 1. The summed E-state index contributed by atoms with van der Waals surface area (Å²) in [5, 5.41) is 6.31. The molecule has 0 amide bonds. The van der Waals surface area contributed by atoms with Gasteiger partial charge in [0.1, 0.15) is 0 Å². The summed E-state index contributed by atoms with van der Waals surface area (Å²) >= 11 is 0. The zero-order valence-corrected chi connectivity index (χ0v) is 11.6. The van der Waals surface area contributed by atoms with Crippen molar-refractivity contribution in [3.05, 3.63) is 48.0 Å². The molecule has 1 aliphatic heterocycles. The predicted molar refractivity (Wildman–Crippen MR) is 81.3 cm³/mol. The summed E-state index contributed by atoms with van der Waals surface area (Å²) < 4.78 is 0. The zero-order chi connectivity index (χ0) is 13.1.